The van der Waals surface area contributed by atoms with E-state index in [2.05, 4.69) is 5.32 Å². The molecule has 0 unspecified atom stereocenters. The predicted octanol–water partition coefficient (Wildman–Crippen LogP) is 2.08. The number of nitrogens with zero attached hydrogens (tertiary/aromatic N) is 1. The van der Waals surface area contributed by atoms with Gasteiger partial charge in [-0.15, -0.1) is 11.3 Å². The normalized spacial score (nSPS) is 11.2. The van der Waals surface area contributed by atoms with Crippen LogP contribution in [0.1, 0.15) is 9.67 Å². The lowest BCUT2D eigenvalue weighted by Crippen LogP contribution is -2.38. The fourth-order valence-electron chi connectivity index (χ4n) is 1.86. The Morgan fingerprint density at radius 1 is 1.27 bits per heavy atom. The summed E-state index contributed by atoms with van der Waals surface area (Å²) in [6.45, 7) is 0.225. The Morgan fingerprint density at radius 2 is 1.95 bits per heavy atom. The van der Waals surface area contributed by atoms with Crippen LogP contribution in [-0.2, 0) is 10.0 Å². The van der Waals surface area contributed by atoms with E-state index < -0.39 is 15.8 Å². The highest BCUT2D eigenvalue weighted by molar-refractivity contribution is 7.92. The van der Waals surface area contributed by atoms with Crippen molar-refractivity contribution in [1.82, 2.24) is 5.32 Å². The molecular weight excluding hydrogens is 327 g/mol. The molecule has 1 N–H and O–H groups in total. The molecule has 0 aliphatic heterocycles. The van der Waals surface area contributed by atoms with Crippen molar-refractivity contribution >= 4 is 33.0 Å². The number of thiophene rings is 1. The van der Waals surface area contributed by atoms with Gasteiger partial charge in [-0.1, -0.05) is 6.07 Å². The second kappa shape index (κ2) is 6.89. The summed E-state index contributed by atoms with van der Waals surface area (Å²) >= 11 is 1.31. The van der Waals surface area contributed by atoms with E-state index in [0.29, 0.717) is 10.6 Å². The SMILES string of the molecule is CS(=O)(=O)N(CCNC(=O)c1cccs1)c1ccc(F)cc1. The molecule has 1 aromatic carbocycles. The Hall–Kier alpha value is -1.93. The number of hydrogen-bond donors (Lipinski definition) is 1. The first kappa shape index (κ1) is 16.4. The number of amides is 1. The zero-order valence-corrected chi connectivity index (χ0v) is 13.5. The molecule has 1 amide bonds. The number of sulfonamides is 1. The maximum Gasteiger partial charge on any atom is 0.261 e. The highest BCUT2D eigenvalue weighted by Crippen LogP contribution is 2.17. The number of rotatable bonds is 6. The smallest absolute Gasteiger partial charge is 0.261 e. The summed E-state index contributed by atoms with van der Waals surface area (Å²) < 4.78 is 37.7. The molecule has 2 rings (SSSR count). The van der Waals surface area contributed by atoms with E-state index >= 15 is 0 Å². The van der Waals surface area contributed by atoms with Crippen LogP contribution >= 0.6 is 11.3 Å². The molecule has 0 fully saturated rings. The molecule has 0 aliphatic rings. The number of anilines is 1. The summed E-state index contributed by atoms with van der Waals surface area (Å²) in [5, 5.41) is 4.45. The van der Waals surface area contributed by atoms with E-state index in [1.165, 1.54) is 35.6 Å². The first-order valence-corrected chi connectivity index (χ1v) is 9.16. The highest BCUT2D eigenvalue weighted by Gasteiger charge is 2.17. The summed E-state index contributed by atoms with van der Waals surface area (Å²) in [7, 11) is -3.52. The molecule has 0 aliphatic carbocycles. The summed E-state index contributed by atoms with van der Waals surface area (Å²) in [5.74, 6) is -0.689. The van der Waals surface area contributed by atoms with Crippen LogP contribution in [0.25, 0.3) is 0 Å². The molecule has 0 saturated carbocycles. The predicted molar refractivity (Wildman–Crippen MR) is 85.2 cm³/mol. The number of carbonyl (C=O) groups excluding carboxylic acids is 1. The van der Waals surface area contributed by atoms with Crippen LogP contribution in [0, 0.1) is 5.82 Å². The Morgan fingerprint density at radius 3 is 2.50 bits per heavy atom. The van der Waals surface area contributed by atoms with Gasteiger partial charge in [0.2, 0.25) is 10.0 Å². The third kappa shape index (κ3) is 4.28. The van der Waals surface area contributed by atoms with Crippen molar-refractivity contribution in [2.75, 3.05) is 23.7 Å². The molecule has 22 heavy (non-hydrogen) atoms. The Bertz CT molecular complexity index is 728. The molecular formula is C14H15FN2O3S2. The van der Waals surface area contributed by atoms with Crippen LogP contribution in [0.3, 0.4) is 0 Å². The molecule has 2 aromatic rings. The highest BCUT2D eigenvalue weighted by atomic mass is 32.2. The number of halogens is 1. The molecule has 118 valence electrons. The van der Waals surface area contributed by atoms with Crippen molar-refractivity contribution in [2.24, 2.45) is 0 Å². The quantitative estimate of drug-likeness (QED) is 0.874. The average Bonchev–Trinajstić information content (AvgIpc) is 2.97. The Labute approximate surface area is 132 Å². The standard InChI is InChI=1S/C14H15FN2O3S2/c1-22(19,20)17(12-6-4-11(15)5-7-12)9-8-16-14(18)13-3-2-10-21-13/h2-7,10H,8-9H2,1H3,(H,16,18). The van der Waals surface area contributed by atoms with E-state index in [0.717, 1.165) is 10.6 Å². The third-order valence-corrected chi connectivity index (χ3v) is 4.92. The average molecular weight is 342 g/mol. The topological polar surface area (TPSA) is 66.5 Å². The monoisotopic (exact) mass is 342 g/mol. The lowest BCUT2D eigenvalue weighted by Gasteiger charge is -2.22. The van der Waals surface area contributed by atoms with Crippen molar-refractivity contribution < 1.29 is 17.6 Å². The van der Waals surface area contributed by atoms with Gasteiger partial charge in [0.1, 0.15) is 5.82 Å². The minimum atomic E-state index is -3.52. The van der Waals surface area contributed by atoms with Gasteiger partial charge in [0.05, 0.1) is 23.4 Å². The van der Waals surface area contributed by atoms with Gasteiger partial charge >= 0.3 is 0 Å². The zero-order valence-electron chi connectivity index (χ0n) is 11.8. The number of benzene rings is 1. The number of hydrogen-bond acceptors (Lipinski definition) is 4. The van der Waals surface area contributed by atoms with Gasteiger partial charge in [-0.2, -0.15) is 0 Å². The molecule has 8 heteroatoms. The molecule has 0 spiro atoms. The summed E-state index contributed by atoms with van der Waals surface area (Å²) in [5.41, 5.74) is 0.356. The number of carbonyl (C=O) groups is 1. The van der Waals surface area contributed by atoms with Gasteiger partial charge in [0.15, 0.2) is 0 Å². The fourth-order valence-corrected chi connectivity index (χ4v) is 3.43. The van der Waals surface area contributed by atoms with E-state index in [4.69, 9.17) is 0 Å². The van der Waals surface area contributed by atoms with Crippen LogP contribution in [0.15, 0.2) is 41.8 Å². The van der Waals surface area contributed by atoms with E-state index in [1.807, 2.05) is 0 Å². The van der Waals surface area contributed by atoms with Gasteiger partial charge in [-0.3, -0.25) is 9.10 Å². The van der Waals surface area contributed by atoms with Gasteiger partial charge in [-0.25, -0.2) is 12.8 Å². The minimum Gasteiger partial charge on any atom is -0.350 e. The van der Waals surface area contributed by atoms with Gasteiger partial charge in [0, 0.05) is 6.54 Å². The molecule has 0 bridgehead atoms. The first-order valence-electron chi connectivity index (χ1n) is 6.43. The maximum absolute atomic E-state index is 12.9. The van der Waals surface area contributed by atoms with E-state index in [9.17, 15) is 17.6 Å². The Kier molecular flexibility index (Phi) is 5.15. The van der Waals surface area contributed by atoms with Gasteiger partial charge < -0.3 is 5.32 Å². The molecule has 1 heterocycles. The number of nitrogens with one attached hydrogen (secondary N) is 1. The lowest BCUT2D eigenvalue weighted by molar-refractivity contribution is 0.0959. The molecule has 0 radical (unpaired) electrons. The van der Waals surface area contributed by atoms with Gasteiger partial charge in [0.25, 0.3) is 5.91 Å². The lowest BCUT2D eigenvalue weighted by atomic mass is 10.3. The van der Waals surface area contributed by atoms with Crippen LogP contribution in [0.2, 0.25) is 0 Å². The van der Waals surface area contributed by atoms with Crippen LogP contribution in [0.4, 0.5) is 10.1 Å². The summed E-state index contributed by atoms with van der Waals surface area (Å²) in [4.78, 5) is 12.4. The van der Waals surface area contributed by atoms with E-state index in [-0.39, 0.29) is 19.0 Å². The summed E-state index contributed by atoms with van der Waals surface area (Å²) in [6.07, 6.45) is 1.07. The van der Waals surface area contributed by atoms with Crippen molar-refractivity contribution in [3.63, 3.8) is 0 Å². The van der Waals surface area contributed by atoms with Crippen LogP contribution in [0.5, 0.6) is 0 Å². The molecule has 0 saturated heterocycles. The maximum atomic E-state index is 12.9. The Balaban J connectivity index is 2.02. The molecule has 5 nitrogen and oxygen atoms in total. The van der Waals surface area contributed by atoms with Crippen molar-refractivity contribution in [1.29, 1.82) is 0 Å². The van der Waals surface area contributed by atoms with Crippen molar-refractivity contribution in [3.8, 4) is 0 Å². The first-order chi connectivity index (χ1) is 10.4. The minimum absolute atomic E-state index is 0.0710. The second-order valence-electron chi connectivity index (χ2n) is 4.54. The largest absolute Gasteiger partial charge is 0.350 e. The summed E-state index contributed by atoms with van der Waals surface area (Å²) in [6, 6.07) is 8.61. The zero-order chi connectivity index (χ0) is 16.2. The second-order valence-corrected chi connectivity index (χ2v) is 7.40. The third-order valence-electron chi connectivity index (χ3n) is 2.86. The van der Waals surface area contributed by atoms with E-state index in [1.54, 1.807) is 17.5 Å². The fraction of sp³-hybridized carbons (Fsp3) is 0.214. The van der Waals surface area contributed by atoms with Crippen molar-refractivity contribution in [2.45, 2.75) is 0 Å². The van der Waals surface area contributed by atoms with Crippen molar-refractivity contribution in [3.05, 3.63) is 52.5 Å². The van der Waals surface area contributed by atoms with Gasteiger partial charge in [-0.05, 0) is 35.7 Å². The van der Waals surface area contributed by atoms with Crippen LogP contribution in [-0.4, -0.2) is 33.7 Å². The molecule has 0 atom stereocenters. The molecule has 1 aromatic heterocycles. The van der Waals surface area contributed by atoms with Crippen LogP contribution < -0.4 is 9.62 Å².